The van der Waals surface area contributed by atoms with Gasteiger partial charge in [-0.2, -0.15) is 0 Å². The topological polar surface area (TPSA) is 75.2 Å². The third kappa shape index (κ3) is 4.28. The van der Waals surface area contributed by atoms with Crippen molar-refractivity contribution in [3.8, 4) is 0 Å². The smallest absolute Gasteiger partial charge is 0.152 e. The number of aryl methyl sites for hydroxylation is 3. The highest BCUT2D eigenvalue weighted by Crippen LogP contribution is 2.25. The van der Waals surface area contributed by atoms with Crippen molar-refractivity contribution in [2.24, 2.45) is 0 Å². The second-order valence-corrected chi connectivity index (χ2v) is 9.06. The Balaban J connectivity index is 1.85. The SMILES string of the molecule is Cc1cc(C)cc(Nc2cc(N(C)C3CCS(=O)(=O)C3)nc(C)n2)c1. The third-order valence-electron chi connectivity index (χ3n) is 4.44. The highest BCUT2D eigenvalue weighted by molar-refractivity contribution is 7.91. The van der Waals surface area contributed by atoms with Gasteiger partial charge in [0, 0.05) is 24.8 Å². The van der Waals surface area contributed by atoms with Crippen LogP contribution in [0, 0.1) is 20.8 Å². The second kappa shape index (κ2) is 6.63. The van der Waals surface area contributed by atoms with Gasteiger partial charge in [0.15, 0.2) is 9.84 Å². The van der Waals surface area contributed by atoms with E-state index in [-0.39, 0.29) is 17.5 Å². The summed E-state index contributed by atoms with van der Waals surface area (Å²) in [4.78, 5) is 10.9. The van der Waals surface area contributed by atoms with E-state index in [4.69, 9.17) is 0 Å². The average Bonchev–Trinajstić information content (AvgIpc) is 2.85. The lowest BCUT2D eigenvalue weighted by atomic mass is 10.1. The summed E-state index contributed by atoms with van der Waals surface area (Å²) >= 11 is 0. The molecule has 25 heavy (non-hydrogen) atoms. The molecule has 1 aliphatic rings. The number of benzene rings is 1. The van der Waals surface area contributed by atoms with Gasteiger partial charge in [0.2, 0.25) is 0 Å². The van der Waals surface area contributed by atoms with E-state index in [1.807, 2.05) is 24.9 Å². The molecule has 1 aromatic heterocycles. The van der Waals surface area contributed by atoms with Crippen molar-refractivity contribution in [1.82, 2.24) is 9.97 Å². The lowest BCUT2D eigenvalue weighted by Gasteiger charge is -2.25. The minimum Gasteiger partial charge on any atom is -0.355 e. The van der Waals surface area contributed by atoms with Gasteiger partial charge in [-0.1, -0.05) is 6.07 Å². The third-order valence-corrected chi connectivity index (χ3v) is 6.19. The Morgan fingerprint density at radius 1 is 1.08 bits per heavy atom. The van der Waals surface area contributed by atoms with E-state index in [1.165, 1.54) is 11.1 Å². The fraction of sp³-hybridized carbons (Fsp3) is 0.444. The average molecular weight is 360 g/mol. The molecule has 134 valence electrons. The molecule has 0 radical (unpaired) electrons. The van der Waals surface area contributed by atoms with Crippen LogP contribution in [0.4, 0.5) is 17.3 Å². The van der Waals surface area contributed by atoms with Crippen molar-refractivity contribution in [2.75, 3.05) is 28.8 Å². The van der Waals surface area contributed by atoms with Gasteiger partial charge < -0.3 is 10.2 Å². The molecule has 2 heterocycles. The molecule has 6 nitrogen and oxygen atoms in total. The molecule has 7 heteroatoms. The molecule has 0 aliphatic carbocycles. The zero-order valence-corrected chi connectivity index (χ0v) is 15.9. The first-order valence-corrected chi connectivity index (χ1v) is 10.2. The molecule has 1 fully saturated rings. The Kier molecular flexibility index (Phi) is 4.69. The molecule has 0 spiro atoms. The van der Waals surface area contributed by atoms with Crippen LogP contribution in [0.2, 0.25) is 0 Å². The van der Waals surface area contributed by atoms with Crippen LogP contribution in [0.15, 0.2) is 24.3 Å². The highest BCUT2D eigenvalue weighted by Gasteiger charge is 2.31. The zero-order chi connectivity index (χ0) is 18.2. The van der Waals surface area contributed by atoms with Gasteiger partial charge >= 0.3 is 0 Å². The van der Waals surface area contributed by atoms with Gasteiger partial charge in [-0.3, -0.25) is 0 Å². The molecule has 0 amide bonds. The summed E-state index contributed by atoms with van der Waals surface area (Å²) in [5, 5.41) is 3.33. The molecule has 1 N–H and O–H groups in total. The van der Waals surface area contributed by atoms with E-state index in [1.54, 1.807) is 0 Å². The first kappa shape index (κ1) is 17.7. The number of nitrogens with zero attached hydrogens (tertiary/aromatic N) is 3. The summed E-state index contributed by atoms with van der Waals surface area (Å²) in [6.45, 7) is 5.96. The van der Waals surface area contributed by atoms with Crippen molar-refractivity contribution in [3.05, 3.63) is 41.2 Å². The molecular formula is C18H24N4O2S. The summed E-state index contributed by atoms with van der Waals surface area (Å²) in [5.41, 5.74) is 3.34. The van der Waals surface area contributed by atoms with Crippen molar-refractivity contribution in [2.45, 2.75) is 33.2 Å². The second-order valence-electron chi connectivity index (χ2n) is 6.83. The fourth-order valence-corrected chi connectivity index (χ4v) is 5.03. The predicted octanol–water partition coefficient (Wildman–Crippen LogP) is 2.77. The monoisotopic (exact) mass is 360 g/mol. The number of nitrogens with one attached hydrogen (secondary N) is 1. The normalized spacial score (nSPS) is 19.0. The number of hydrogen-bond donors (Lipinski definition) is 1. The molecule has 1 saturated heterocycles. The summed E-state index contributed by atoms with van der Waals surface area (Å²) < 4.78 is 23.5. The minimum atomic E-state index is -2.93. The first-order valence-electron chi connectivity index (χ1n) is 8.36. The Bertz CT molecular complexity index is 876. The van der Waals surface area contributed by atoms with Crippen molar-refractivity contribution >= 4 is 27.2 Å². The van der Waals surface area contributed by atoms with E-state index in [0.29, 0.717) is 18.1 Å². The quantitative estimate of drug-likeness (QED) is 0.904. The standard InChI is InChI=1S/C18H24N4O2S/c1-12-7-13(2)9-15(8-12)21-17-10-18(20-14(3)19-17)22(4)16-5-6-25(23,24)11-16/h7-10,16H,5-6,11H2,1-4H3,(H,19,20,21). The largest absolute Gasteiger partial charge is 0.355 e. The van der Waals surface area contributed by atoms with Gasteiger partial charge in [0.05, 0.1) is 11.5 Å². The van der Waals surface area contributed by atoms with Crippen LogP contribution >= 0.6 is 0 Å². The van der Waals surface area contributed by atoms with E-state index in [2.05, 4.69) is 47.3 Å². The Labute approximate surface area is 149 Å². The number of rotatable bonds is 4. The molecular weight excluding hydrogens is 336 g/mol. The van der Waals surface area contributed by atoms with Crippen LogP contribution in [0.5, 0.6) is 0 Å². The zero-order valence-electron chi connectivity index (χ0n) is 15.1. The summed E-state index contributed by atoms with van der Waals surface area (Å²) in [6.07, 6.45) is 0.641. The van der Waals surface area contributed by atoms with Crippen LogP contribution in [-0.4, -0.2) is 43.0 Å². The first-order chi connectivity index (χ1) is 11.7. The fourth-order valence-electron chi connectivity index (χ4n) is 3.26. The maximum atomic E-state index is 11.7. The molecule has 0 saturated carbocycles. The van der Waals surface area contributed by atoms with Crippen LogP contribution < -0.4 is 10.2 Å². The van der Waals surface area contributed by atoms with E-state index in [9.17, 15) is 8.42 Å². The van der Waals surface area contributed by atoms with Gasteiger partial charge in [-0.05, 0) is 50.5 Å². The van der Waals surface area contributed by atoms with Gasteiger partial charge in [0.25, 0.3) is 0 Å². The van der Waals surface area contributed by atoms with E-state index >= 15 is 0 Å². The van der Waals surface area contributed by atoms with Gasteiger partial charge in [-0.15, -0.1) is 0 Å². The van der Waals surface area contributed by atoms with Gasteiger partial charge in [0.1, 0.15) is 17.5 Å². The van der Waals surface area contributed by atoms with E-state index < -0.39 is 9.84 Å². The lowest BCUT2D eigenvalue weighted by molar-refractivity contribution is 0.600. The Hall–Kier alpha value is -2.15. The van der Waals surface area contributed by atoms with Crippen LogP contribution in [0.3, 0.4) is 0 Å². The highest BCUT2D eigenvalue weighted by atomic mass is 32.2. The molecule has 1 atom stereocenters. The molecule has 1 aliphatic heterocycles. The number of hydrogen-bond acceptors (Lipinski definition) is 6. The van der Waals surface area contributed by atoms with E-state index in [0.717, 1.165) is 11.5 Å². The summed E-state index contributed by atoms with van der Waals surface area (Å²) in [7, 11) is -1.03. The maximum absolute atomic E-state index is 11.7. The molecule has 0 bridgehead atoms. The summed E-state index contributed by atoms with van der Waals surface area (Å²) in [5.74, 6) is 2.53. The Morgan fingerprint density at radius 3 is 2.36 bits per heavy atom. The van der Waals surface area contributed by atoms with Gasteiger partial charge in [-0.25, -0.2) is 18.4 Å². The minimum absolute atomic E-state index is 0.0339. The van der Waals surface area contributed by atoms with Crippen LogP contribution in [-0.2, 0) is 9.84 Å². The number of aromatic nitrogens is 2. The maximum Gasteiger partial charge on any atom is 0.152 e. The number of sulfone groups is 1. The van der Waals surface area contributed by atoms with Crippen LogP contribution in [0.25, 0.3) is 0 Å². The molecule has 2 aromatic rings. The van der Waals surface area contributed by atoms with Crippen LogP contribution in [0.1, 0.15) is 23.4 Å². The lowest BCUT2D eigenvalue weighted by Crippen LogP contribution is -2.33. The number of anilines is 3. The van der Waals surface area contributed by atoms with Crippen molar-refractivity contribution < 1.29 is 8.42 Å². The molecule has 1 unspecified atom stereocenters. The van der Waals surface area contributed by atoms with Crippen molar-refractivity contribution in [1.29, 1.82) is 0 Å². The summed E-state index contributed by atoms with van der Waals surface area (Å²) in [6, 6.07) is 8.09. The molecule has 1 aromatic carbocycles. The Morgan fingerprint density at radius 2 is 1.76 bits per heavy atom. The van der Waals surface area contributed by atoms with Crippen molar-refractivity contribution in [3.63, 3.8) is 0 Å². The molecule has 3 rings (SSSR count). The predicted molar refractivity (Wildman–Crippen MR) is 101 cm³/mol.